The van der Waals surface area contributed by atoms with Gasteiger partial charge in [-0.3, -0.25) is 0 Å². The van der Waals surface area contributed by atoms with Crippen LogP contribution >= 0.6 is 38.5 Å². The molecule has 2 aromatic carbocycles. The van der Waals surface area contributed by atoms with Crippen molar-refractivity contribution in [2.24, 2.45) is 0 Å². The molecule has 0 saturated carbocycles. The zero-order valence-electron chi connectivity index (χ0n) is 12.7. The highest BCUT2D eigenvalue weighted by molar-refractivity contribution is 14.1. The maximum absolute atomic E-state index is 3.70. The first-order valence-electron chi connectivity index (χ1n) is 7.28. The summed E-state index contributed by atoms with van der Waals surface area (Å²) in [6, 6.07) is 13.5. The minimum atomic E-state index is 0.245. The summed E-state index contributed by atoms with van der Waals surface area (Å²) < 4.78 is 2.43. The van der Waals surface area contributed by atoms with Gasteiger partial charge in [0, 0.05) is 8.04 Å². The Balaban J connectivity index is 2.49. The fourth-order valence-electron chi connectivity index (χ4n) is 2.56. The molecule has 1 N–H and O–H groups in total. The molecule has 0 aliphatic carbocycles. The molecular weight excluding hydrogens is 437 g/mol. The van der Waals surface area contributed by atoms with E-state index in [2.05, 4.69) is 101 Å². The van der Waals surface area contributed by atoms with Gasteiger partial charge < -0.3 is 5.32 Å². The predicted molar refractivity (Wildman–Crippen MR) is 103 cm³/mol. The molecule has 1 unspecified atom stereocenters. The summed E-state index contributed by atoms with van der Waals surface area (Å²) >= 11 is 6.03. The first-order valence-corrected chi connectivity index (χ1v) is 9.15. The van der Waals surface area contributed by atoms with Crippen molar-refractivity contribution in [3.05, 3.63) is 66.7 Å². The molecule has 0 heterocycles. The van der Waals surface area contributed by atoms with Gasteiger partial charge in [-0.25, -0.2) is 0 Å². The van der Waals surface area contributed by atoms with Gasteiger partial charge in [-0.2, -0.15) is 0 Å². The van der Waals surface area contributed by atoms with E-state index in [-0.39, 0.29) is 6.04 Å². The number of halogens is 2. The van der Waals surface area contributed by atoms with E-state index >= 15 is 0 Å². The molecule has 2 aromatic rings. The maximum Gasteiger partial charge on any atom is 0.0590 e. The molecule has 1 atom stereocenters. The second-order valence-corrected chi connectivity index (χ2v) is 7.49. The van der Waals surface area contributed by atoms with Crippen LogP contribution in [-0.2, 0) is 0 Å². The van der Waals surface area contributed by atoms with Crippen LogP contribution in [0.4, 0.5) is 0 Å². The second-order valence-electron chi connectivity index (χ2n) is 5.41. The maximum atomic E-state index is 3.70. The zero-order chi connectivity index (χ0) is 15.4. The van der Waals surface area contributed by atoms with Crippen molar-refractivity contribution in [3.8, 4) is 0 Å². The predicted octanol–water partition coefficient (Wildman–Crippen LogP) is 5.76. The number of benzene rings is 2. The normalized spacial score (nSPS) is 12.4. The van der Waals surface area contributed by atoms with Gasteiger partial charge in [0.2, 0.25) is 0 Å². The minimum absolute atomic E-state index is 0.245. The fourth-order valence-corrected chi connectivity index (χ4v) is 3.59. The molecule has 112 valence electrons. The van der Waals surface area contributed by atoms with Crippen LogP contribution in [0.15, 0.2) is 40.9 Å². The van der Waals surface area contributed by atoms with Crippen LogP contribution in [0.3, 0.4) is 0 Å². The van der Waals surface area contributed by atoms with Crippen molar-refractivity contribution in [2.45, 2.75) is 33.2 Å². The van der Waals surface area contributed by atoms with Crippen molar-refractivity contribution in [1.82, 2.24) is 5.32 Å². The molecule has 21 heavy (non-hydrogen) atoms. The molecule has 0 aliphatic heterocycles. The van der Waals surface area contributed by atoms with Crippen molar-refractivity contribution in [1.29, 1.82) is 0 Å². The summed E-state index contributed by atoms with van der Waals surface area (Å²) in [7, 11) is 0. The Labute approximate surface area is 149 Å². The van der Waals surface area contributed by atoms with Gasteiger partial charge in [0.05, 0.1) is 6.04 Å². The highest BCUT2D eigenvalue weighted by Crippen LogP contribution is 2.31. The molecule has 0 saturated heterocycles. The fraction of sp³-hybridized carbons (Fsp3) is 0.333. The standard InChI is InChI=1S/C18H21BrIN/c1-4-9-21-18(15-7-5-12(2)10-13(15)3)16-11-14(19)6-8-17(16)20/h5-8,10-11,18,21H,4,9H2,1-3H3. The first kappa shape index (κ1) is 17.0. The van der Waals surface area contributed by atoms with Gasteiger partial charge in [-0.05, 0) is 84.3 Å². The van der Waals surface area contributed by atoms with Crippen LogP contribution in [0.1, 0.15) is 41.6 Å². The summed E-state index contributed by atoms with van der Waals surface area (Å²) in [4.78, 5) is 0. The third-order valence-electron chi connectivity index (χ3n) is 3.60. The quantitative estimate of drug-likeness (QED) is 0.562. The molecular formula is C18H21BrIN. The smallest absolute Gasteiger partial charge is 0.0590 e. The number of hydrogen-bond acceptors (Lipinski definition) is 1. The molecule has 0 aromatic heterocycles. The third-order valence-corrected chi connectivity index (χ3v) is 5.08. The largest absolute Gasteiger partial charge is 0.306 e. The van der Waals surface area contributed by atoms with E-state index < -0.39 is 0 Å². The molecule has 1 nitrogen and oxygen atoms in total. The second kappa shape index (κ2) is 7.75. The van der Waals surface area contributed by atoms with Crippen molar-refractivity contribution in [2.75, 3.05) is 6.54 Å². The third kappa shape index (κ3) is 4.30. The lowest BCUT2D eigenvalue weighted by Crippen LogP contribution is -2.24. The molecule has 0 aliphatic rings. The molecule has 0 spiro atoms. The Bertz CT molecular complexity index is 625. The Kier molecular flexibility index (Phi) is 6.26. The summed E-state index contributed by atoms with van der Waals surface area (Å²) in [5.41, 5.74) is 5.37. The van der Waals surface area contributed by atoms with E-state index in [0.29, 0.717) is 0 Å². The Morgan fingerprint density at radius 1 is 1.10 bits per heavy atom. The number of aryl methyl sites for hydroxylation is 2. The Morgan fingerprint density at radius 3 is 2.52 bits per heavy atom. The molecule has 0 amide bonds. The van der Waals surface area contributed by atoms with Gasteiger partial charge in [0.25, 0.3) is 0 Å². The lowest BCUT2D eigenvalue weighted by molar-refractivity contribution is 0.594. The van der Waals surface area contributed by atoms with E-state index in [1.807, 2.05) is 0 Å². The molecule has 0 bridgehead atoms. The van der Waals surface area contributed by atoms with Gasteiger partial charge in [-0.15, -0.1) is 0 Å². The molecule has 3 heteroatoms. The monoisotopic (exact) mass is 457 g/mol. The lowest BCUT2D eigenvalue weighted by Gasteiger charge is -2.23. The van der Waals surface area contributed by atoms with Crippen molar-refractivity contribution in [3.63, 3.8) is 0 Å². The Hall–Kier alpha value is -0.390. The highest BCUT2D eigenvalue weighted by Gasteiger charge is 2.18. The molecule has 0 fully saturated rings. The highest BCUT2D eigenvalue weighted by atomic mass is 127. The van der Waals surface area contributed by atoms with Crippen LogP contribution in [-0.4, -0.2) is 6.54 Å². The van der Waals surface area contributed by atoms with Gasteiger partial charge >= 0.3 is 0 Å². The van der Waals surface area contributed by atoms with E-state index in [4.69, 9.17) is 0 Å². The average Bonchev–Trinajstić information content (AvgIpc) is 2.44. The van der Waals surface area contributed by atoms with Gasteiger partial charge in [-0.1, -0.05) is 46.6 Å². The van der Waals surface area contributed by atoms with E-state index in [1.165, 1.54) is 25.8 Å². The van der Waals surface area contributed by atoms with Crippen molar-refractivity contribution < 1.29 is 0 Å². The average molecular weight is 458 g/mol. The number of rotatable bonds is 5. The SMILES string of the molecule is CCCNC(c1ccc(C)cc1C)c1cc(Br)ccc1I. The summed E-state index contributed by atoms with van der Waals surface area (Å²) in [6.45, 7) is 7.57. The summed E-state index contributed by atoms with van der Waals surface area (Å²) in [6.07, 6.45) is 1.13. The summed E-state index contributed by atoms with van der Waals surface area (Å²) in [5.74, 6) is 0. The van der Waals surface area contributed by atoms with Crippen LogP contribution < -0.4 is 5.32 Å². The number of hydrogen-bond donors (Lipinski definition) is 1. The van der Waals surface area contributed by atoms with Gasteiger partial charge in [0.1, 0.15) is 0 Å². The Morgan fingerprint density at radius 2 is 1.86 bits per heavy atom. The topological polar surface area (TPSA) is 12.0 Å². The minimum Gasteiger partial charge on any atom is -0.306 e. The van der Waals surface area contributed by atoms with E-state index in [1.54, 1.807) is 0 Å². The van der Waals surface area contributed by atoms with Crippen LogP contribution in [0, 0.1) is 17.4 Å². The zero-order valence-corrected chi connectivity index (χ0v) is 16.5. The summed E-state index contributed by atoms with van der Waals surface area (Å²) in [5, 5.41) is 3.70. The first-order chi connectivity index (χ1) is 10.0. The van der Waals surface area contributed by atoms with Crippen LogP contribution in [0.5, 0.6) is 0 Å². The van der Waals surface area contributed by atoms with Crippen LogP contribution in [0.2, 0.25) is 0 Å². The van der Waals surface area contributed by atoms with E-state index in [9.17, 15) is 0 Å². The van der Waals surface area contributed by atoms with Crippen molar-refractivity contribution >= 4 is 38.5 Å². The van der Waals surface area contributed by atoms with Gasteiger partial charge in [0.15, 0.2) is 0 Å². The lowest BCUT2D eigenvalue weighted by atomic mass is 9.94. The number of nitrogens with one attached hydrogen (secondary N) is 1. The van der Waals surface area contributed by atoms with Crippen LogP contribution in [0.25, 0.3) is 0 Å². The molecule has 2 rings (SSSR count). The van der Waals surface area contributed by atoms with E-state index in [0.717, 1.165) is 17.4 Å². The molecule has 0 radical (unpaired) electrons.